The van der Waals surface area contributed by atoms with Crippen LogP contribution in [0.5, 0.6) is 0 Å². The maximum Gasteiger partial charge on any atom is 0.328 e. The number of carbonyl (C=O) groups excluding carboxylic acids is 5. The van der Waals surface area contributed by atoms with Gasteiger partial charge in [-0.1, -0.05) is 111 Å². The van der Waals surface area contributed by atoms with Crippen molar-refractivity contribution in [3.8, 4) is 0 Å². The predicted octanol–water partition coefficient (Wildman–Crippen LogP) is 8.29. The number of aliphatic carboxylic acids is 1. The van der Waals surface area contributed by atoms with Crippen LogP contribution in [-0.4, -0.2) is 70.0 Å². The molecule has 7 N–H and O–H groups in total. The Hall–Kier alpha value is -6.06. The maximum absolute atomic E-state index is 12.9. The molecule has 14 nitrogen and oxygen atoms in total. The van der Waals surface area contributed by atoms with Gasteiger partial charge in [-0.3, -0.25) is 34.6 Å². The summed E-state index contributed by atoms with van der Waals surface area (Å²) in [7, 11) is 0. The number of nitrogens with one attached hydrogen (secondary N) is 4. The number of esters is 1. The highest BCUT2D eigenvalue weighted by molar-refractivity contribution is 5.91. The van der Waals surface area contributed by atoms with Gasteiger partial charge < -0.3 is 30.7 Å². The molecule has 0 unspecified atom stereocenters. The Morgan fingerprint density at radius 1 is 0.507 bits per heavy atom. The molecule has 2 amide bonds. The van der Waals surface area contributed by atoms with Crippen LogP contribution in [0.25, 0.3) is 0 Å². The van der Waals surface area contributed by atoms with Gasteiger partial charge in [0.1, 0.15) is 31.4 Å². The van der Waals surface area contributed by atoms with E-state index in [1.165, 1.54) is 0 Å². The monoisotopic (exact) mass is 920 g/mol. The lowest BCUT2D eigenvalue weighted by molar-refractivity contribution is -0.151. The van der Waals surface area contributed by atoms with Gasteiger partial charge in [0.05, 0.1) is 0 Å². The highest BCUT2D eigenvalue weighted by atomic mass is 16.5. The topological polar surface area (TPSA) is 220 Å². The minimum atomic E-state index is -0.935. The fraction of sp³-hybridized carbons (Fsp3) is 0.434. The molecule has 5 rings (SSSR count). The molecule has 0 aliphatic heterocycles. The van der Waals surface area contributed by atoms with Crippen molar-refractivity contribution in [2.45, 2.75) is 134 Å². The van der Waals surface area contributed by atoms with Crippen LogP contribution >= 0.6 is 0 Å². The normalized spacial score (nSPS) is 13.1. The number of hydrogen-bond donors (Lipinski definition) is 7. The third-order valence-electron chi connectivity index (χ3n) is 11.4. The molecule has 1 aliphatic rings. The van der Waals surface area contributed by atoms with E-state index in [0.29, 0.717) is 50.0 Å². The Kier molecular flexibility index (Phi) is 24.8. The summed E-state index contributed by atoms with van der Waals surface area (Å²) in [5, 5.41) is 39.0. The minimum Gasteiger partial charge on any atom is -0.480 e. The Bertz CT molecular complexity index is 2090. The number of carbonyl (C=O) groups is 6. The van der Waals surface area contributed by atoms with Gasteiger partial charge in [0.15, 0.2) is 11.6 Å². The van der Waals surface area contributed by atoms with E-state index in [1.807, 2.05) is 84.9 Å². The second kappa shape index (κ2) is 31.0. The van der Waals surface area contributed by atoms with Gasteiger partial charge in [-0.15, -0.1) is 0 Å². The van der Waals surface area contributed by atoms with E-state index in [-0.39, 0.29) is 35.5 Å². The molecule has 14 heteroatoms. The van der Waals surface area contributed by atoms with Crippen LogP contribution in [-0.2, 0) is 46.6 Å². The second-order valence-corrected chi connectivity index (χ2v) is 16.8. The van der Waals surface area contributed by atoms with Gasteiger partial charge >= 0.3 is 11.9 Å². The second-order valence-electron chi connectivity index (χ2n) is 16.8. The average molecular weight is 921 g/mol. The molecule has 0 heterocycles. The number of unbranched alkanes of at least 4 members (excludes halogenated alkanes) is 6. The smallest absolute Gasteiger partial charge is 0.328 e. The molecule has 1 aliphatic carbocycles. The van der Waals surface area contributed by atoms with Crippen molar-refractivity contribution in [3.05, 3.63) is 131 Å². The van der Waals surface area contributed by atoms with Crippen LogP contribution in [0.15, 0.2) is 109 Å². The van der Waals surface area contributed by atoms with Crippen LogP contribution in [0.2, 0.25) is 0 Å². The molecule has 4 aromatic rings. The lowest BCUT2D eigenvalue weighted by atomic mass is 10.1. The van der Waals surface area contributed by atoms with E-state index in [1.54, 1.807) is 24.3 Å². The molecule has 0 aromatic heterocycles. The third-order valence-corrected chi connectivity index (χ3v) is 11.4. The maximum atomic E-state index is 12.9. The molecule has 2 atom stereocenters. The molecule has 1 fully saturated rings. The van der Waals surface area contributed by atoms with Crippen LogP contribution in [0.1, 0.15) is 137 Å². The molecule has 0 bridgehead atoms. The van der Waals surface area contributed by atoms with Crippen molar-refractivity contribution < 1.29 is 48.8 Å². The average Bonchev–Trinajstić information content (AvgIpc) is 3.86. The van der Waals surface area contributed by atoms with Crippen molar-refractivity contribution in [2.24, 2.45) is 0 Å². The number of benzene rings is 4. The summed E-state index contributed by atoms with van der Waals surface area (Å²) in [6, 6.07) is 32.2. The van der Waals surface area contributed by atoms with Crippen molar-refractivity contribution in [2.75, 3.05) is 23.8 Å². The minimum absolute atomic E-state index is 0.0175. The first-order valence-electron chi connectivity index (χ1n) is 23.6. The van der Waals surface area contributed by atoms with Crippen molar-refractivity contribution in [3.63, 3.8) is 0 Å². The molecule has 0 saturated heterocycles. The highest BCUT2D eigenvalue weighted by Crippen LogP contribution is 2.25. The number of hydrogen-bond acceptors (Lipinski definition) is 11. The number of ether oxygens (including phenoxy) is 1. The van der Waals surface area contributed by atoms with Crippen LogP contribution < -0.4 is 21.3 Å². The van der Waals surface area contributed by atoms with Crippen molar-refractivity contribution >= 4 is 46.7 Å². The number of Topliss-reactive ketones (excluding diaryl/α,β-unsaturated/α-hetero) is 2. The summed E-state index contributed by atoms with van der Waals surface area (Å²) < 4.78 is 5.77. The summed E-state index contributed by atoms with van der Waals surface area (Å²) in [5.41, 5.74) is 4.92. The summed E-state index contributed by atoms with van der Waals surface area (Å²) in [6.45, 7) is 0.0907. The largest absolute Gasteiger partial charge is 0.480 e. The van der Waals surface area contributed by atoms with Crippen LogP contribution in [0.4, 0.5) is 11.4 Å². The summed E-state index contributed by atoms with van der Waals surface area (Å²) >= 11 is 0. The summed E-state index contributed by atoms with van der Waals surface area (Å²) in [5.74, 6) is -1.55. The number of ketones is 2. The van der Waals surface area contributed by atoms with Crippen molar-refractivity contribution in [1.82, 2.24) is 10.6 Å². The highest BCUT2D eigenvalue weighted by Gasteiger charge is 2.26. The molecule has 0 radical (unpaired) electrons. The summed E-state index contributed by atoms with van der Waals surface area (Å²) in [4.78, 5) is 70.8. The molecule has 4 aromatic carbocycles. The molecule has 0 spiro atoms. The van der Waals surface area contributed by atoms with Gasteiger partial charge in [0.25, 0.3) is 0 Å². The van der Waals surface area contributed by atoms with Crippen LogP contribution in [0, 0.1) is 0 Å². The van der Waals surface area contributed by atoms with E-state index in [2.05, 4.69) is 21.3 Å². The van der Waals surface area contributed by atoms with E-state index in [4.69, 9.17) is 14.9 Å². The zero-order valence-corrected chi connectivity index (χ0v) is 38.5. The van der Waals surface area contributed by atoms with Gasteiger partial charge in [0, 0.05) is 50.1 Å². The van der Waals surface area contributed by atoms with Crippen molar-refractivity contribution in [1.29, 1.82) is 0 Å². The SMILES string of the molecule is O=C(CO)CCCCCCC(=O)Nc1ccc(CN[C@H](C(=O)O)c2ccccc2)cc1.O=C(CO)CCCCCCC(=O)Nc1ccc(CN[C@H](C(=O)OC2CCCC2)c2ccccc2)cc1. The first kappa shape index (κ1) is 53.6. The Labute approximate surface area is 394 Å². The zero-order chi connectivity index (χ0) is 48.1. The number of rotatable bonds is 29. The van der Waals surface area contributed by atoms with E-state index < -0.39 is 31.3 Å². The van der Waals surface area contributed by atoms with Gasteiger partial charge in [0.2, 0.25) is 11.8 Å². The number of aliphatic hydroxyl groups is 2. The lowest BCUT2D eigenvalue weighted by Crippen LogP contribution is -2.32. The first-order valence-corrected chi connectivity index (χ1v) is 23.6. The third kappa shape index (κ3) is 21.4. The van der Waals surface area contributed by atoms with E-state index >= 15 is 0 Å². The number of carboxylic acids is 1. The molecule has 360 valence electrons. The Balaban J connectivity index is 0.000000296. The lowest BCUT2D eigenvalue weighted by Gasteiger charge is -2.21. The number of anilines is 2. The molecule has 1 saturated carbocycles. The number of carboxylic acid groups (broad SMARTS) is 1. The van der Waals surface area contributed by atoms with Gasteiger partial charge in [-0.2, -0.15) is 0 Å². The Morgan fingerprint density at radius 2 is 0.896 bits per heavy atom. The van der Waals surface area contributed by atoms with Gasteiger partial charge in [-0.25, -0.2) is 4.79 Å². The predicted molar refractivity (Wildman–Crippen MR) is 258 cm³/mol. The number of aliphatic hydroxyl groups excluding tert-OH is 2. The molecular weight excluding hydrogens is 853 g/mol. The summed E-state index contributed by atoms with van der Waals surface area (Å²) in [6.07, 6.45) is 12.2. The quantitative estimate of drug-likeness (QED) is 0.0202. The van der Waals surface area contributed by atoms with Crippen LogP contribution in [0.3, 0.4) is 0 Å². The van der Waals surface area contributed by atoms with E-state index in [9.17, 15) is 33.9 Å². The Morgan fingerprint density at radius 3 is 1.30 bits per heavy atom. The molecular formula is C53H68N4O10. The van der Waals surface area contributed by atoms with Gasteiger partial charge in [-0.05, 0) is 97.9 Å². The standard InChI is InChI=1S/C29H38N2O5.C24H30N2O5/c32-21-25(33)12-6-1-2-7-15-27(34)31-24-18-16-22(17-19-24)20-30-28(23-10-4-3-5-11-23)29(35)36-26-13-8-9-14-26;27-17-21(28)10-6-1-2-7-11-22(29)26-20-14-12-18(13-15-20)16-25-23(24(30)31)19-8-4-3-5-9-19/h3-5,10-11,16-19,26,28,30,32H,1-2,6-9,12-15,20-21H2,(H,31,34);3-5,8-9,12-15,23,25,27H,1-2,6-7,10-11,16-17H2,(H,26,29)(H,30,31)/t28-;23-/m00/s1. The molecule has 67 heavy (non-hydrogen) atoms. The fourth-order valence-electron chi connectivity index (χ4n) is 7.59. The van der Waals surface area contributed by atoms with E-state index in [0.717, 1.165) is 99.4 Å². The zero-order valence-electron chi connectivity index (χ0n) is 38.5. The fourth-order valence-corrected chi connectivity index (χ4v) is 7.59. The first-order chi connectivity index (χ1) is 32.5. The number of amides is 2.